The van der Waals surface area contributed by atoms with E-state index < -0.39 is 8.32 Å². The van der Waals surface area contributed by atoms with E-state index in [1.165, 1.54) is 44.6 Å². The number of esters is 1. The average Bonchev–Trinajstić information content (AvgIpc) is 3.19. The SMILES string of the molecule is C=C1/C(=C\C=C2/CCC[C@]3(C)[C@@H]([C@H](C)/C=C/[C@H](C)C(C)C)CC[C@@H]23)C[C@@H](O[Si](C)(C)C(C)(C)C)C[C@@H]1OC(C)=O. The van der Waals surface area contributed by atoms with Crippen LogP contribution in [-0.2, 0) is 14.0 Å². The molecule has 0 bridgehead atoms. The van der Waals surface area contributed by atoms with Crippen LogP contribution in [0, 0.1) is 35.0 Å². The highest BCUT2D eigenvalue weighted by Crippen LogP contribution is 2.59. The van der Waals surface area contributed by atoms with Crippen molar-refractivity contribution < 1.29 is 14.0 Å². The summed E-state index contributed by atoms with van der Waals surface area (Å²) in [6.07, 6.45) is 17.4. The van der Waals surface area contributed by atoms with Crippen molar-refractivity contribution >= 4 is 14.3 Å². The summed E-state index contributed by atoms with van der Waals surface area (Å²) in [6, 6.07) is 0. The molecule has 0 spiro atoms. The Labute approximate surface area is 248 Å². The summed E-state index contributed by atoms with van der Waals surface area (Å²) in [4.78, 5) is 12.0. The molecule has 0 radical (unpaired) electrons. The van der Waals surface area contributed by atoms with Crippen LogP contribution in [0.2, 0.25) is 18.1 Å². The molecule has 0 unspecified atom stereocenters. The van der Waals surface area contributed by atoms with Crippen LogP contribution in [0.3, 0.4) is 0 Å². The van der Waals surface area contributed by atoms with Crippen molar-refractivity contribution in [2.24, 2.45) is 35.0 Å². The van der Waals surface area contributed by atoms with Gasteiger partial charge in [0, 0.05) is 13.3 Å². The van der Waals surface area contributed by atoms with Crippen molar-refractivity contribution in [2.45, 2.75) is 138 Å². The summed E-state index contributed by atoms with van der Waals surface area (Å²) in [5, 5.41) is 0.134. The third-order valence-corrected chi connectivity index (χ3v) is 15.8. The maximum Gasteiger partial charge on any atom is 0.303 e. The van der Waals surface area contributed by atoms with E-state index in [9.17, 15) is 4.79 Å². The quantitative estimate of drug-likeness (QED) is 0.166. The monoisotopic (exact) mass is 568 g/mol. The molecule has 3 rings (SSSR count). The summed E-state index contributed by atoms with van der Waals surface area (Å²) in [6.45, 7) is 29.4. The lowest BCUT2D eigenvalue weighted by Gasteiger charge is -2.44. The molecule has 40 heavy (non-hydrogen) atoms. The van der Waals surface area contributed by atoms with Crippen LogP contribution in [0.5, 0.6) is 0 Å². The van der Waals surface area contributed by atoms with Gasteiger partial charge in [0.2, 0.25) is 0 Å². The van der Waals surface area contributed by atoms with E-state index in [1.54, 1.807) is 5.57 Å². The van der Waals surface area contributed by atoms with E-state index in [2.05, 4.69) is 99.4 Å². The molecule has 0 aromatic heterocycles. The molecule has 0 amide bonds. The third-order valence-electron chi connectivity index (χ3n) is 11.2. The Morgan fingerprint density at radius 3 is 2.38 bits per heavy atom. The van der Waals surface area contributed by atoms with Gasteiger partial charge in [0.05, 0.1) is 6.10 Å². The van der Waals surface area contributed by atoms with Crippen LogP contribution in [-0.4, -0.2) is 26.5 Å². The molecule has 3 saturated carbocycles. The second kappa shape index (κ2) is 12.9. The Hall–Kier alpha value is -1.39. The highest BCUT2D eigenvalue weighted by molar-refractivity contribution is 6.74. The number of fused-ring (bicyclic) bond motifs is 1. The van der Waals surface area contributed by atoms with Crippen molar-refractivity contribution in [3.8, 4) is 0 Å². The number of ether oxygens (including phenoxy) is 1. The van der Waals surface area contributed by atoms with Gasteiger partial charge in [-0.1, -0.05) is 91.8 Å². The van der Waals surface area contributed by atoms with Gasteiger partial charge in [0.25, 0.3) is 0 Å². The second-order valence-electron chi connectivity index (χ2n) is 15.4. The summed E-state index contributed by atoms with van der Waals surface area (Å²) < 4.78 is 12.6. The van der Waals surface area contributed by atoms with E-state index in [0.717, 1.165) is 17.9 Å². The molecule has 0 heterocycles. The second-order valence-corrected chi connectivity index (χ2v) is 20.2. The molecule has 3 fully saturated rings. The van der Waals surface area contributed by atoms with Crippen molar-refractivity contribution in [1.29, 1.82) is 0 Å². The average molecular weight is 569 g/mol. The lowest BCUT2D eigenvalue weighted by atomic mass is 9.61. The number of hydrogen-bond donors (Lipinski definition) is 0. The summed E-state index contributed by atoms with van der Waals surface area (Å²) in [5.74, 6) is 3.08. The molecule has 3 aliphatic carbocycles. The molecule has 226 valence electrons. The fourth-order valence-electron chi connectivity index (χ4n) is 7.28. The minimum absolute atomic E-state index is 0.0498. The minimum atomic E-state index is -1.95. The fraction of sp³-hybridized carbons (Fsp3) is 0.750. The predicted molar refractivity (Wildman–Crippen MR) is 173 cm³/mol. The molecule has 0 saturated heterocycles. The van der Waals surface area contributed by atoms with Gasteiger partial charge in [-0.25, -0.2) is 0 Å². The zero-order valence-electron chi connectivity index (χ0n) is 27.7. The standard InChI is InChI=1S/C36H60O3Si/c1-24(2)25(3)15-16-26(4)32-19-20-33-29(14-13-21-36(32,33)10)17-18-30-22-31(39-40(11,12)35(7,8)9)23-34(27(30)5)38-28(6)37/h15-18,24-26,31-34H,5,13-14,19-23H2,1-4,6-12H3/b16-15+,29-17+,30-18-/t25-,26+,31+,32+,33-,34-,36+/m0/s1. The number of carbonyl (C=O) groups is 1. The van der Waals surface area contributed by atoms with Crippen molar-refractivity contribution in [1.82, 2.24) is 0 Å². The molecular weight excluding hydrogens is 508 g/mol. The van der Waals surface area contributed by atoms with E-state index in [0.29, 0.717) is 35.5 Å². The normalized spacial score (nSPS) is 33.5. The highest BCUT2D eigenvalue weighted by Gasteiger charge is 2.50. The van der Waals surface area contributed by atoms with Crippen LogP contribution < -0.4 is 0 Å². The highest BCUT2D eigenvalue weighted by atomic mass is 28.4. The fourth-order valence-corrected chi connectivity index (χ4v) is 8.65. The van der Waals surface area contributed by atoms with E-state index >= 15 is 0 Å². The lowest BCUT2D eigenvalue weighted by molar-refractivity contribution is -0.145. The molecule has 0 N–H and O–H groups in total. The van der Waals surface area contributed by atoms with Crippen molar-refractivity contribution in [3.63, 3.8) is 0 Å². The van der Waals surface area contributed by atoms with Gasteiger partial charge in [-0.2, -0.15) is 0 Å². The van der Waals surface area contributed by atoms with Gasteiger partial charge in [0.15, 0.2) is 8.32 Å². The Morgan fingerprint density at radius 2 is 1.77 bits per heavy atom. The Balaban J connectivity index is 1.84. The van der Waals surface area contributed by atoms with E-state index in [1.807, 2.05) is 0 Å². The molecule has 0 aliphatic heterocycles. The van der Waals surface area contributed by atoms with Gasteiger partial charge < -0.3 is 9.16 Å². The largest absolute Gasteiger partial charge is 0.458 e. The topological polar surface area (TPSA) is 35.5 Å². The van der Waals surface area contributed by atoms with Crippen LogP contribution in [0.25, 0.3) is 0 Å². The molecule has 3 nitrogen and oxygen atoms in total. The van der Waals surface area contributed by atoms with Gasteiger partial charge in [0.1, 0.15) is 6.10 Å². The van der Waals surface area contributed by atoms with Crippen molar-refractivity contribution in [2.75, 3.05) is 0 Å². The zero-order chi connectivity index (χ0) is 30.0. The zero-order valence-corrected chi connectivity index (χ0v) is 28.7. The first-order valence-corrected chi connectivity index (χ1v) is 19.0. The molecule has 0 aromatic carbocycles. The number of allylic oxidation sites excluding steroid dienone is 5. The molecule has 3 aliphatic rings. The van der Waals surface area contributed by atoms with Gasteiger partial charge >= 0.3 is 5.97 Å². The van der Waals surface area contributed by atoms with Crippen LogP contribution in [0.4, 0.5) is 0 Å². The molecule has 4 heteroatoms. The lowest BCUT2D eigenvalue weighted by Crippen LogP contribution is -2.46. The number of rotatable bonds is 8. The first kappa shape index (κ1) is 33.1. The maximum atomic E-state index is 12.0. The first-order chi connectivity index (χ1) is 18.5. The van der Waals surface area contributed by atoms with Gasteiger partial charge in [-0.3, -0.25) is 4.79 Å². The molecule has 7 atom stereocenters. The molecule has 0 aromatic rings. The summed E-state index contributed by atoms with van der Waals surface area (Å²) in [5.41, 5.74) is 4.11. The molecular formula is C36H60O3Si. The van der Waals surface area contributed by atoms with Crippen LogP contribution >= 0.6 is 0 Å². The predicted octanol–water partition coefficient (Wildman–Crippen LogP) is 10.2. The van der Waals surface area contributed by atoms with Crippen LogP contribution in [0.15, 0.2) is 47.6 Å². The van der Waals surface area contributed by atoms with E-state index in [4.69, 9.17) is 9.16 Å². The Bertz CT molecular complexity index is 1010. The summed E-state index contributed by atoms with van der Waals surface area (Å²) in [7, 11) is -1.95. The number of carbonyl (C=O) groups excluding carboxylic acids is 1. The summed E-state index contributed by atoms with van der Waals surface area (Å²) >= 11 is 0. The van der Waals surface area contributed by atoms with Crippen LogP contribution in [0.1, 0.15) is 107 Å². The minimum Gasteiger partial charge on any atom is -0.458 e. The van der Waals surface area contributed by atoms with Crippen molar-refractivity contribution in [3.05, 3.63) is 47.6 Å². The van der Waals surface area contributed by atoms with Gasteiger partial charge in [-0.15, -0.1) is 0 Å². The maximum absolute atomic E-state index is 12.0. The number of hydrogen-bond acceptors (Lipinski definition) is 3. The smallest absolute Gasteiger partial charge is 0.303 e. The van der Waals surface area contributed by atoms with E-state index in [-0.39, 0.29) is 23.2 Å². The Kier molecular flexibility index (Phi) is 10.6. The van der Waals surface area contributed by atoms with Gasteiger partial charge in [-0.05, 0) is 103 Å². The first-order valence-electron chi connectivity index (χ1n) is 16.1. The Morgan fingerprint density at radius 1 is 1.10 bits per heavy atom. The third kappa shape index (κ3) is 7.51.